The van der Waals surface area contributed by atoms with Crippen molar-refractivity contribution in [2.24, 2.45) is 5.92 Å². The van der Waals surface area contributed by atoms with Crippen LogP contribution < -0.4 is 0 Å². The third-order valence-corrected chi connectivity index (χ3v) is 17.5. The minimum atomic E-state index is -1.98. The molecule has 0 bridgehead atoms. The molecule has 27 heavy (non-hydrogen) atoms. The molecule has 0 unspecified atom stereocenters. The van der Waals surface area contributed by atoms with Crippen molar-refractivity contribution >= 4 is 22.9 Å². The molecule has 0 aliphatic rings. The summed E-state index contributed by atoms with van der Waals surface area (Å²) >= 11 is 0. The first-order chi connectivity index (χ1) is 12.1. The van der Waals surface area contributed by atoms with E-state index >= 15 is 0 Å². The van der Waals surface area contributed by atoms with Gasteiger partial charge >= 0.3 is 0 Å². The van der Waals surface area contributed by atoms with E-state index in [0.29, 0.717) is 23.0 Å². The van der Waals surface area contributed by atoms with Gasteiger partial charge in [-0.15, -0.1) is 0 Å². The molecule has 0 saturated heterocycles. The van der Waals surface area contributed by atoms with Gasteiger partial charge in [0.2, 0.25) is 8.32 Å². The molecule has 0 aliphatic carbocycles. The van der Waals surface area contributed by atoms with Gasteiger partial charge in [-0.05, 0) is 47.1 Å². The standard InChI is InChI=1S/C22H48O3Si2/c1-17(2)27(18(3)4,19(5)6)25-21(20(7)13-15-23)14-16-24-26(11,12)22(8,9)10/h15,17-21H,13-14,16H2,1-12H3/t20-,21+/m0/s1. The van der Waals surface area contributed by atoms with Gasteiger partial charge in [-0.25, -0.2) is 0 Å². The normalized spacial score (nSPS) is 16.3. The Morgan fingerprint density at radius 1 is 0.889 bits per heavy atom. The van der Waals surface area contributed by atoms with Gasteiger partial charge < -0.3 is 13.6 Å². The number of hydrogen-bond acceptors (Lipinski definition) is 3. The molecule has 2 atom stereocenters. The predicted molar refractivity (Wildman–Crippen MR) is 124 cm³/mol. The summed E-state index contributed by atoms with van der Waals surface area (Å²) < 4.78 is 13.5. The number of hydrogen-bond donors (Lipinski definition) is 0. The van der Waals surface area contributed by atoms with Crippen molar-refractivity contribution in [3.8, 4) is 0 Å². The highest BCUT2D eigenvalue weighted by Crippen LogP contribution is 2.44. The van der Waals surface area contributed by atoms with E-state index in [4.69, 9.17) is 8.85 Å². The summed E-state index contributed by atoms with van der Waals surface area (Å²) in [6, 6.07) is 0. The number of carbonyl (C=O) groups is 1. The zero-order chi connectivity index (χ0) is 21.6. The molecule has 0 radical (unpaired) electrons. The number of aldehydes is 1. The van der Waals surface area contributed by atoms with Crippen molar-refractivity contribution in [1.82, 2.24) is 0 Å². The molecule has 0 saturated carbocycles. The quantitative estimate of drug-likeness (QED) is 0.249. The maximum atomic E-state index is 11.2. The molecule has 0 amide bonds. The van der Waals surface area contributed by atoms with Crippen LogP contribution in [0.1, 0.15) is 82.1 Å². The third kappa shape index (κ3) is 7.09. The van der Waals surface area contributed by atoms with Crippen LogP contribution in [0, 0.1) is 5.92 Å². The van der Waals surface area contributed by atoms with Crippen molar-refractivity contribution in [3.05, 3.63) is 0 Å². The first-order valence-corrected chi connectivity index (χ1v) is 15.9. The summed E-state index contributed by atoms with van der Waals surface area (Å²) in [5.41, 5.74) is 1.64. The molecule has 0 N–H and O–H groups in total. The summed E-state index contributed by atoms with van der Waals surface area (Å²) in [5, 5.41) is 0.212. The Morgan fingerprint density at radius 3 is 1.67 bits per heavy atom. The van der Waals surface area contributed by atoms with Crippen LogP contribution in [-0.4, -0.2) is 35.6 Å². The van der Waals surface area contributed by atoms with Gasteiger partial charge in [0.1, 0.15) is 6.29 Å². The van der Waals surface area contributed by atoms with Crippen LogP contribution in [0.3, 0.4) is 0 Å². The van der Waals surface area contributed by atoms with Crippen molar-refractivity contribution in [2.45, 2.75) is 123 Å². The van der Waals surface area contributed by atoms with Gasteiger partial charge in [0, 0.05) is 13.0 Å². The summed E-state index contributed by atoms with van der Waals surface area (Å²) in [4.78, 5) is 11.2. The lowest BCUT2D eigenvalue weighted by atomic mass is 10.00. The average Bonchev–Trinajstić information content (AvgIpc) is 2.48. The van der Waals surface area contributed by atoms with Crippen LogP contribution in [0.4, 0.5) is 0 Å². The van der Waals surface area contributed by atoms with E-state index in [2.05, 4.69) is 82.3 Å². The molecular formula is C22H48O3Si2. The van der Waals surface area contributed by atoms with Crippen molar-refractivity contribution in [2.75, 3.05) is 6.61 Å². The molecule has 162 valence electrons. The van der Waals surface area contributed by atoms with Crippen LogP contribution in [0.25, 0.3) is 0 Å². The van der Waals surface area contributed by atoms with Gasteiger partial charge in [0.25, 0.3) is 0 Å². The second kappa shape index (κ2) is 10.7. The summed E-state index contributed by atoms with van der Waals surface area (Å²) in [6.45, 7) is 28.2. The zero-order valence-electron chi connectivity index (χ0n) is 20.3. The van der Waals surface area contributed by atoms with E-state index in [9.17, 15) is 4.79 Å². The van der Waals surface area contributed by atoms with Crippen LogP contribution in [-0.2, 0) is 13.6 Å². The van der Waals surface area contributed by atoms with Crippen LogP contribution in [0.15, 0.2) is 0 Å². The molecule has 0 aromatic heterocycles. The maximum Gasteiger partial charge on any atom is 0.200 e. The molecule has 0 aliphatic heterocycles. The minimum Gasteiger partial charge on any atom is -0.417 e. The van der Waals surface area contributed by atoms with Crippen LogP contribution in [0.2, 0.25) is 34.8 Å². The molecule has 0 aromatic carbocycles. The van der Waals surface area contributed by atoms with Crippen molar-refractivity contribution < 1.29 is 13.6 Å². The molecule has 3 nitrogen and oxygen atoms in total. The highest BCUT2D eigenvalue weighted by atomic mass is 28.4. The summed E-state index contributed by atoms with van der Waals surface area (Å²) in [5.74, 6) is 0.230. The van der Waals surface area contributed by atoms with Gasteiger partial charge in [-0.2, -0.15) is 0 Å². The Balaban J connectivity index is 5.45. The van der Waals surface area contributed by atoms with Gasteiger partial charge in [0.05, 0.1) is 6.10 Å². The lowest BCUT2D eigenvalue weighted by Crippen LogP contribution is -2.51. The second-order valence-corrected chi connectivity index (χ2v) is 21.0. The van der Waals surface area contributed by atoms with E-state index in [-0.39, 0.29) is 17.1 Å². The maximum absolute atomic E-state index is 11.2. The fourth-order valence-corrected chi connectivity index (χ4v) is 10.8. The Bertz CT molecular complexity index is 418. The zero-order valence-corrected chi connectivity index (χ0v) is 22.3. The number of carbonyl (C=O) groups excluding carboxylic acids is 1. The van der Waals surface area contributed by atoms with Crippen LogP contribution >= 0.6 is 0 Å². The van der Waals surface area contributed by atoms with E-state index in [1.807, 2.05) is 0 Å². The van der Waals surface area contributed by atoms with Gasteiger partial charge in [0.15, 0.2) is 8.32 Å². The lowest BCUT2D eigenvalue weighted by molar-refractivity contribution is -0.109. The van der Waals surface area contributed by atoms with Crippen LogP contribution in [0.5, 0.6) is 0 Å². The summed E-state index contributed by atoms with van der Waals surface area (Å²) in [6.07, 6.45) is 2.57. The molecule has 0 heterocycles. The minimum absolute atomic E-state index is 0.0961. The second-order valence-electron chi connectivity index (χ2n) is 10.8. The Hall–Kier alpha value is 0.0238. The predicted octanol–water partition coefficient (Wildman–Crippen LogP) is 7.18. The highest BCUT2D eigenvalue weighted by Gasteiger charge is 2.47. The molecule has 0 aromatic rings. The fraction of sp³-hybridized carbons (Fsp3) is 0.955. The molecule has 0 spiro atoms. The first kappa shape index (κ1) is 27.0. The smallest absolute Gasteiger partial charge is 0.200 e. The first-order valence-electron chi connectivity index (χ1n) is 10.9. The SMILES string of the molecule is CC(C)[Si](O[C@H](CCO[Si](C)(C)C(C)(C)C)[C@@H](C)CC=O)(C(C)C)C(C)C. The largest absolute Gasteiger partial charge is 0.417 e. The Labute approximate surface area is 172 Å². The Morgan fingerprint density at radius 2 is 1.33 bits per heavy atom. The molecule has 5 heteroatoms. The van der Waals surface area contributed by atoms with E-state index < -0.39 is 16.6 Å². The highest BCUT2D eigenvalue weighted by molar-refractivity contribution is 6.77. The molecule has 0 fully saturated rings. The van der Waals surface area contributed by atoms with Gasteiger partial charge in [-0.1, -0.05) is 69.2 Å². The van der Waals surface area contributed by atoms with Crippen molar-refractivity contribution in [3.63, 3.8) is 0 Å². The third-order valence-electron chi connectivity index (χ3n) is 6.84. The monoisotopic (exact) mass is 416 g/mol. The molecular weight excluding hydrogens is 368 g/mol. The topological polar surface area (TPSA) is 35.5 Å². The van der Waals surface area contributed by atoms with E-state index in [1.165, 1.54) is 0 Å². The fourth-order valence-electron chi connectivity index (χ4n) is 4.08. The van der Waals surface area contributed by atoms with Gasteiger partial charge in [-0.3, -0.25) is 0 Å². The van der Waals surface area contributed by atoms with Crippen molar-refractivity contribution in [1.29, 1.82) is 0 Å². The number of rotatable bonds is 12. The van der Waals surface area contributed by atoms with E-state index in [1.54, 1.807) is 0 Å². The van der Waals surface area contributed by atoms with E-state index in [0.717, 1.165) is 19.3 Å². The summed E-state index contributed by atoms with van der Waals surface area (Å²) in [7, 11) is -3.74. The Kier molecular flexibility index (Phi) is 10.7. The lowest BCUT2D eigenvalue weighted by Gasteiger charge is -2.46. The average molecular weight is 417 g/mol. The molecule has 0 rings (SSSR count).